The fourth-order valence-corrected chi connectivity index (χ4v) is 4.73. The second-order valence-corrected chi connectivity index (χ2v) is 8.25. The minimum absolute atomic E-state index is 0.638. The topological polar surface area (TPSA) is 30.5 Å². The van der Waals surface area contributed by atoms with Crippen molar-refractivity contribution in [3.63, 3.8) is 0 Å². The number of hydrogen-bond donors (Lipinski definition) is 2. The van der Waals surface area contributed by atoms with Gasteiger partial charge in [0.05, 0.1) is 0 Å². The average molecular weight is 249 g/mol. The van der Waals surface area contributed by atoms with Crippen LogP contribution in [0.1, 0.15) is 26.7 Å². The average Bonchev–Trinajstić information content (AvgIpc) is 2.22. The highest BCUT2D eigenvalue weighted by Gasteiger charge is 2.36. The number of hydroxylamine groups is 1. The Labute approximate surface area is 99.5 Å². The van der Waals surface area contributed by atoms with Crippen molar-refractivity contribution in [1.29, 1.82) is 0 Å². The maximum atomic E-state index is 6.01. The molecule has 1 saturated heterocycles. The van der Waals surface area contributed by atoms with Crippen LogP contribution >= 0.6 is 12.6 Å². The van der Waals surface area contributed by atoms with Crippen molar-refractivity contribution in [2.45, 2.75) is 38.8 Å². The van der Waals surface area contributed by atoms with E-state index in [0.29, 0.717) is 5.92 Å². The Bertz CT molecular complexity index is 173. The molecule has 3 nitrogen and oxygen atoms in total. The van der Waals surface area contributed by atoms with Crippen LogP contribution in [0.2, 0.25) is 12.1 Å². The van der Waals surface area contributed by atoms with Crippen LogP contribution in [0.25, 0.3) is 0 Å². The molecule has 0 aromatic carbocycles. The molecule has 0 aromatic heterocycles. The van der Waals surface area contributed by atoms with Crippen molar-refractivity contribution in [3.8, 4) is 0 Å². The van der Waals surface area contributed by atoms with Gasteiger partial charge in [-0.15, -0.1) is 0 Å². The summed E-state index contributed by atoms with van der Waals surface area (Å²) >= 11 is 4.25. The molecule has 0 spiro atoms. The summed E-state index contributed by atoms with van der Waals surface area (Å²) < 4.78 is 11.8. The summed E-state index contributed by atoms with van der Waals surface area (Å²) in [4.78, 5) is 0. The zero-order chi connectivity index (χ0) is 11.1. The van der Waals surface area contributed by atoms with Crippen molar-refractivity contribution < 1.29 is 8.95 Å². The predicted molar refractivity (Wildman–Crippen MR) is 68.3 cm³/mol. The van der Waals surface area contributed by atoms with E-state index < -0.39 is 8.56 Å². The van der Waals surface area contributed by atoms with Gasteiger partial charge in [-0.2, -0.15) is 12.6 Å². The third-order valence-corrected chi connectivity index (χ3v) is 6.68. The number of rotatable bonds is 4. The van der Waals surface area contributed by atoms with Crippen molar-refractivity contribution in [2.75, 3.05) is 18.9 Å². The highest BCUT2D eigenvalue weighted by atomic mass is 32.1. The lowest BCUT2D eigenvalue weighted by Crippen LogP contribution is -2.48. The standard InChI is InChI=1S/C10H23NO2SSi/c1-3-15(8-4-7-14)12-6-5-10(2)9-11-13-15/h10-11,14H,3-9H2,1-2H3. The van der Waals surface area contributed by atoms with Gasteiger partial charge in [-0.25, -0.2) is 5.48 Å². The molecular weight excluding hydrogens is 226 g/mol. The molecule has 1 rings (SSSR count). The molecule has 15 heavy (non-hydrogen) atoms. The normalized spacial score (nSPS) is 33.4. The Morgan fingerprint density at radius 3 is 3.00 bits per heavy atom. The lowest BCUT2D eigenvalue weighted by atomic mass is 10.1. The van der Waals surface area contributed by atoms with E-state index in [9.17, 15) is 0 Å². The first-order valence-corrected chi connectivity index (χ1v) is 8.74. The summed E-state index contributed by atoms with van der Waals surface area (Å²) in [6.45, 7) is 6.18. The van der Waals surface area contributed by atoms with Crippen molar-refractivity contribution in [2.24, 2.45) is 5.92 Å². The highest BCUT2D eigenvalue weighted by molar-refractivity contribution is 7.80. The maximum absolute atomic E-state index is 6.01. The first kappa shape index (κ1) is 13.5. The quantitative estimate of drug-likeness (QED) is 0.592. The Hall–Kier alpha value is 0.447. The maximum Gasteiger partial charge on any atom is 0.357 e. The van der Waals surface area contributed by atoms with Crippen LogP contribution in [-0.4, -0.2) is 27.5 Å². The SMILES string of the molecule is CC[Si]1(CCCS)OCCC(C)CNO1. The zero-order valence-electron chi connectivity index (χ0n) is 9.79. The molecule has 0 radical (unpaired) electrons. The van der Waals surface area contributed by atoms with Gasteiger partial charge in [-0.3, -0.25) is 0 Å². The Kier molecular flexibility index (Phi) is 6.22. The second kappa shape index (κ2) is 6.91. The third kappa shape index (κ3) is 4.44. The van der Waals surface area contributed by atoms with Crippen molar-refractivity contribution in [1.82, 2.24) is 5.48 Å². The molecule has 0 saturated carbocycles. The van der Waals surface area contributed by atoms with E-state index in [2.05, 4.69) is 32.0 Å². The smallest absolute Gasteiger partial charge is 0.357 e. The van der Waals surface area contributed by atoms with Crippen LogP contribution < -0.4 is 5.48 Å². The lowest BCUT2D eigenvalue weighted by Gasteiger charge is -2.32. The zero-order valence-corrected chi connectivity index (χ0v) is 11.7. The summed E-state index contributed by atoms with van der Waals surface area (Å²) in [5.74, 6) is 1.55. The van der Waals surface area contributed by atoms with Gasteiger partial charge in [-0.05, 0) is 36.6 Å². The summed E-state index contributed by atoms with van der Waals surface area (Å²) in [7, 11) is -1.95. The molecule has 1 fully saturated rings. The van der Waals surface area contributed by atoms with Gasteiger partial charge in [0.2, 0.25) is 0 Å². The van der Waals surface area contributed by atoms with E-state index in [1.807, 2.05) is 0 Å². The predicted octanol–water partition coefficient (Wildman–Crippen LogP) is 2.35. The monoisotopic (exact) mass is 249 g/mol. The van der Waals surface area contributed by atoms with Crippen LogP contribution in [0.3, 0.4) is 0 Å². The van der Waals surface area contributed by atoms with Crippen LogP contribution in [-0.2, 0) is 8.95 Å². The Morgan fingerprint density at radius 2 is 2.33 bits per heavy atom. The second-order valence-electron chi connectivity index (χ2n) is 4.28. The minimum atomic E-state index is -1.95. The van der Waals surface area contributed by atoms with Gasteiger partial charge in [0.15, 0.2) is 0 Å². The van der Waals surface area contributed by atoms with Crippen molar-refractivity contribution >= 4 is 21.2 Å². The Balaban J connectivity index is 2.47. The number of thiol groups is 1. The molecular formula is C10H23NO2SSi. The first-order chi connectivity index (χ1) is 7.22. The molecule has 5 heteroatoms. The fourth-order valence-electron chi connectivity index (χ4n) is 1.72. The van der Waals surface area contributed by atoms with E-state index in [0.717, 1.165) is 43.8 Å². The van der Waals surface area contributed by atoms with Crippen LogP contribution in [0, 0.1) is 5.92 Å². The summed E-state index contributed by atoms with van der Waals surface area (Å²) in [6.07, 6.45) is 2.21. The first-order valence-electron chi connectivity index (χ1n) is 5.88. The van der Waals surface area contributed by atoms with E-state index >= 15 is 0 Å². The van der Waals surface area contributed by atoms with Gasteiger partial charge >= 0.3 is 8.56 Å². The Morgan fingerprint density at radius 1 is 1.53 bits per heavy atom. The molecule has 1 N–H and O–H groups in total. The van der Waals surface area contributed by atoms with Gasteiger partial charge in [0.1, 0.15) is 0 Å². The summed E-state index contributed by atoms with van der Waals surface area (Å²) in [5.41, 5.74) is 3.10. The molecule has 0 aromatic rings. The molecule has 90 valence electrons. The molecule has 2 atom stereocenters. The van der Waals surface area contributed by atoms with Crippen LogP contribution in [0.5, 0.6) is 0 Å². The number of nitrogens with one attached hydrogen (secondary N) is 1. The number of hydrogen-bond acceptors (Lipinski definition) is 4. The van der Waals surface area contributed by atoms with Crippen molar-refractivity contribution in [3.05, 3.63) is 0 Å². The summed E-state index contributed by atoms with van der Waals surface area (Å²) in [5, 5.41) is 0. The molecule has 1 heterocycles. The van der Waals surface area contributed by atoms with E-state index in [4.69, 9.17) is 8.95 Å². The van der Waals surface area contributed by atoms with E-state index in [1.165, 1.54) is 0 Å². The molecule has 0 amide bonds. The fraction of sp³-hybridized carbons (Fsp3) is 1.00. The minimum Gasteiger partial charge on any atom is -0.393 e. The highest BCUT2D eigenvalue weighted by Crippen LogP contribution is 2.22. The molecule has 1 aliphatic rings. The lowest BCUT2D eigenvalue weighted by molar-refractivity contribution is 0.0696. The van der Waals surface area contributed by atoms with Gasteiger partial charge in [0.25, 0.3) is 0 Å². The summed E-state index contributed by atoms with van der Waals surface area (Å²) in [6, 6.07) is 2.07. The third-order valence-electron chi connectivity index (χ3n) is 2.92. The largest absolute Gasteiger partial charge is 0.393 e. The molecule has 1 aliphatic heterocycles. The molecule has 2 unspecified atom stereocenters. The van der Waals surface area contributed by atoms with Crippen LogP contribution in [0.15, 0.2) is 0 Å². The van der Waals surface area contributed by atoms with E-state index in [-0.39, 0.29) is 0 Å². The molecule has 0 bridgehead atoms. The van der Waals surface area contributed by atoms with Gasteiger partial charge in [0, 0.05) is 13.2 Å². The van der Waals surface area contributed by atoms with E-state index in [1.54, 1.807) is 0 Å². The molecule has 0 aliphatic carbocycles. The van der Waals surface area contributed by atoms with Crippen LogP contribution in [0.4, 0.5) is 0 Å². The van der Waals surface area contributed by atoms with Gasteiger partial charge < -0.3 is 8.95 Å². The van der Waals surface area contributed by atoms with Gasteiger partial charge in [-0.1, -0.05) is 13.8 Å².